The number of hydrogen-bond donors (Lipinski definition) is 2. The van der Waals surface area contributed by atoms with Crippen molar-refractivity contribution in [2.45, 2.75) is 6.36 Å². The van der Waals surface area contributed by atoms with Crippen molar-refractivity contribution in [1.29, 1.82) is 0 Å². The Balaban J connectivity index is 1.67. The SMILES string of the molecule is COc1cnc(N2CCNCC2)nc1Nc1ccc(N2CC=CC=C2Br)cc1OC(F)(F)F. The third-order valence-electron chi connectivity index (χ3n) is 5.03. The van der Waals surface area contributed by atoms with Gasteiger partial charge in [-0.15, -0.1) is 13.2 Å². The first-order valence-electron chi connectivity index (χ1n) is 10.2. The molecule has 0 unspecified atom stereocenters. The summed E-state index contributed by atoms with van der Waals surface area (Å²) in [6, 6.07) is 4.54. The Labute approximate surface area is 197 Å². The molecule has 0 aliphatic carbocycles. The van der Waals surface area contributed by atoms with Crippen molar-refractivity contribution in [1.82, 2.24) is 15.3 Å². The van der Waals surface area contributed by atoms with Crippen molar-refractivity contribution in [3.63, 3.8) is 0 Å². The van der Waals surface area contributed by atoms with E-state index in [0.717, 1.165) is 30.8 Å². The predicted molar refractivity (Wildman–Crippen MR) is 124 cm³/mol. The van der Waals surface area contributed by atoms with Crippen LogP contribution in [-0.2, 0) is 0 Å². The minimum absolute atomic E-state index is 0.0898. The molecule has 0 atom stereocenters. The number of nitrogens with one attached hydrogen (secondary N) is 2. The average Bonchev–Trinajstić information content (AvgIpc) is 2.80. The number of ether oxygens (including phenoxy) is 2. The molecule has 1 aromatic carbocycles. The van der Waals surface area contributed by atoms with Gasteiger partial charge in [0.15, 0.2) is 17.3 Å². The summed E-state index contributed by atoms with van der Waals surface area (Å²) in [4.78, 5) is 12.6. The van der Waals surface area contributed by atoms with Crippen LogP contribution < -0.4 is 29.9 Å². The van der Waals surface area contributed by atoms with Crippen molar-refractivity contribution in [3.8, 4) is 11.5 Å². The summed E-state index contributed by atoms with van der Waals surface area (Å²) in [6.45, 7) is 3.52. The first-order valence-corrected chi connectivity index (χ1v) is 11.0. The maximum Gasteiger partial charge on any atom is 0.573 e. The number of hydrogen-bond acceptors (Lipinski definition) is 8. The molecule has 1 aromatic heterocycles. The summed E-state index contributed by atoms with van der Waals surface area (Å²) in [6.07, 6.45) is 2.19. The maximum atomic E-state index is 13.2. The lowest BCUT2D eigenvalue weighted by molar-refractivity contribution is -0.274. The van der Waals surface area contributed by atoms with Gasteiger partial charge < -0.3 is 29.9 Å². The van der Waals surface area contributed by atoms with Crippen molar-refractivity contribution in [3.05, 3.63) is 47.2 Å². The van der Waals surface area contributed by atoms with Crippen LogP contribution in [-0.4, -0.2) is 56.2 Å². The van der Waals surface area contributed by atoms with E-state index in [1.807, 2.05) is 23.1 Å². The summed E-state index contributed by atoms with van der Waals surface area (Å²) < 4.78 is 50.0. The number of alkyl halides is 3. The third-order valence-corrected chi connectivity index (χ3v) is 5.73. The highest BCUT2D eigenvalue weighted by atomic mass is 79.9. The van der Waals surface area contributed by atoms with Crippen molar-refractivity contribution in [2.75, 3.05) is 55.0 Å². The first kappa shape index (κ1) is 23.2. The van der Waals surface area contributed by atoms with Crippen LogP contribution in [0.2, 0.25) is 0 Å². The lowest BCUT2D eigenvalue weighted by Crippen LogP contribution is -2.44. The van der Waals surface area contributed by atoms with Gasteiger partial charge >= 0.3 is 6.36 Å². The number of nitrogens with zero attached hydrogens (tertiary/aromatic N) is 4. The van der Waals surface area contributed by atoms with Gasteiger partial charge in [-0.3, -0.25) is 0 Å². The van der Waals surface area contributed by atoms with Crippen LogP contribution in [0, 0.1) is 0 Å². The highest BCUT2D eigenvalue weighted by Crippen LogP contribution is 2.38. The van der Waals surface area contributed by atoms with Crippen molar-refractivity contribution < 1.29 is 22.6 Å². The number of rotatable bonds is 6. The molecule has 0 saturated carbocycles. The quantitative estimate of drug-likeness (QED) is 0.544. The minimum atomic E-state index is -4.87. The molecule has 12 heteroatoms. The average molecular weight is 527 g/mol. The summed E-state index contributed by atoms with van der Waals surface area (Å²) in [7, 11) is 1.44. The van der Waals surface area contributed by atoms with Gasteiger partial charge in [0.1, 0.15) is 0 Å². The topological polar surface area (TPSA) is 74.8 Å². The zero-order valence-corrected chi connectivity index (χ0v) is 19.3. The van der Waals surface area contributed by atoms with Gasteiger partial charge in [-0.25, -0.2) is 4.98 Å². The zero-order chi connectivity index (χ0) is 23.4. The van der Waals surface area contributed by atoms with Crippen LogP contribution in [0.5, 0.6) is 11.5 Å². The summed E-state index contributed by atoms with van der Waals surface area (Å²) in [5.41, 5.74) is 0.621. The molecule has 0 bridgehead atoms. The highest BCUT2D eigenvalue weighted by molar-refractivity contribution is 9.11. The molecule has 0 amide bonds. The van der Waals surface area contributed by atoms with Gasteiger partial charge in [0.05, 0.1) is 23.6 Å². The minimum Gasteiger partial charge on any atom is -0.491 e. The number of benzene rings is 1. The van der Waals surface area contributed by atoms with Gasteiger partial charge in [-0.2, -0.15) is 4.98 Å². The molecule has 33 heavy (non-hydrogen) atoms. The Morgan fingerprint density at radius 2 is 1.97 bits per heavy atom. The van der Waals surface area contributed by atoms with E-state index >= 15 is 0 Å². The Morgan fingerprint density at radius 3 is 2.67 bits per heavy atom. The fraction of sp³-hybridized carbons (Fsp3) is 0.333. The van der Waals surface area contributed by atoms with Gasteiger partial charge in [0.2, 0.25) is 5.95 Å². The summed E-state index contributed by atoms with van der Waals surface area (Å²) >= 11 is 3.43. The number of halogens is 4. The third kappa shape index (κ3) is 5.69. The van der Waals surface area contributed by atoms with E-state index in [2.05, 4.69) is 41.3 Å². The molecular formula is C21H22BrF3N6O2. The van der Waals surface area contributed by atoms with E-state index in [4.69, 9.17) is 4.74 Å². The second kappa shape index (κ2) is 9.87. The van der Waals surface area contributed by atoms with E-state index < -0.39 is 6.36 Å². The molecule has 3 heterocycles. The van der Waals surface area contributed by atoms with Crippen LogP contribution in [0.1, 0.15) is 0 Å². The lowest BCUT2D eigenvalue weighted by Gasteiger charge is -2.28. The molecule has 176 valence electrons. The number of allylic oxidation sites excluding steroid dienone is 2. The van der Waals surface area contributed by atoms with Gasteiger partial charge in [0.25, 0.3) is 0 Å². The van der Waals surface area contributed by atoms with Gasteiger partial charge in [-0.05, 0) is 34.1 Å². The monoisotopic (exact) mass is 526 g/mol. The standard InChI is InChI=1S/C21H22BrF3N6O2/c1-32-17-13-27-20(30-10-7-26-8-11-30)29-19(17)28-15-6-5-14(12-16(15)33-21(23,24)25)31-9-3-2-4-18(31)22/h2-6,12-13,26H,7-11H2,1H3,(H,27,28,29). The number of methoxy groups -OCH3 is 1. The number of aromatic nitrogens is 2. The molecule has 1 fully saturated rings. The molecule has 1 saturated heterocycles. The molecule has 0 spiro atoms. The molecule has 2 aromatic rings. The second-order valence-electron chi connectivity index (χ2n) is 7.21. The Bertz CT molecular complexity index is 1060. The van der Waals surface area contributed by atoms with E-state index in [0.29, 0.717) is 23.9 Å². The Kier molecular flexibility index (Phi) is 6.94. The molecular weight excluding hydrogens is 505 g/mol. The second-order valence-corrected chi connectivity index (χ2v) is 8.02. The molecule has 0 radical (unpaired) electrons. The Hall–Kier alpha value is -2.99. The maximum absolute atomic E-state index is 13.2. The molecule has 2 N–H and O–H groups in total. The lowest BCUT2D eigenvalue weighted by atomic mass is 10.2. The van der Waals surface area contributed by atoms with Gasteiger partial charge in [-0.1, -0.05) is 12.2 Å². The van der Waals surface area contributed by atoms with E-state index in [1.54, 1.807) is 11.0 Å². The zero-order valence-electron chi connectivity index (χ0n) is 17.7. The molecule has 2 aliphatic heterocycles. The fourth-order valence-corrected chi connectivity index (χ4v) is 3.96. The molecule has 4 rings (SSSR count). The highest BCUT2D eigenvalue weighted by Gasteiger charge is 2.33. The predicted octanol–water partition coefficient (Wildman–Crippen LogP) is 4.15. The summed E-state index contributed by atoms with van der Waals surface area (Å²) in [5, 5.41) is 6.18. The first-order chi connectivity index (χ1) is 15.8. The van der Waals surface area contributed by atoms with Crippen LogP contribution in [0.3, 0.4) is 0 Å². The van der Waals surface area contributed by atoms with Crippen LogP contribution >= 0.6 is 15.9 Å². The fourth-order valence-electron chi connectivity index (χ4n) is 3.46. The van der Waals surface area contributed by atoms with Crippen LogP contribution in [0.25, 0.3) is 0 Å². The molecule has 8 nitrogen and oxygen atoms in total. The number of piperazine rings is 1. The Morgan fingerprint density at radius 1 is 1.18 bits per heavy atom. The number of anilines is 4. The largest absolute Gasteiger partial charge is 0.573 e. The normalized spacial score (nSPS) is 16.5. The van der Waals surface area contributed by atoms with E-state index in [1.165, 1.54) is 25.4 Å². The van der Waals surface area contributed by atoms with Crippen LogP contribution in [0.4, 0.5) is 36.3 Å². The van der Waals surface area contributed by atoms with Gasteiger partial charge in [0, 0.05) is 44.5 Å². The molecule has 2 aliphatic rings. The smallest absolute Gasteiger partial charge is 0.491 e. The summed E-state index contributed by atoms with van der Waals surface area (Å²) in [5.74, 6) is 0.605. The van der Waals surface area contributed by atoms with E-state index in [9.17, 15) is 13.2 Å². The van der Waals surface area contributed by atoms with Crippen molar-refractivity contribution in [2.24, 2.45) is 0 Å². The van der Waals surface area contributed by atoms with E-state index in [-0.39, 0.29) is 17.3 Å². The van der Waals surface area contributed by atoms with Crippen molar-refractivity contribution >= 4 is 39.1 Å². The van der Waals surface area contributed by atoms with Crippen LogP contribution in [0.15, 0.2) is 47.2 Å².